The van der Waals surface area contributed by atoms with E-state index in [2.05, 4.69) is 26.3 Å². The molecular weight excluding hydrogens is 300 g/mol. The van der Waals surface area contributed by atoms with Crippen LogP contribution in [0.15, 0.2) is 62.8 Å². The third-order valence-corrected chi connectivity index (χ3v) is 3.89. The highest BCUT2D eigenvalue weighted by Gasteiger charge is 2.16. The van der Waals surface area contributed by atoms with Gasteiger partial charge in [-0.2, -0.15) is 0 Å². The molecule has 1 aromatic rings. The molecule has 0 unspecified atom stereocenters. The van der Waals surface area contributed by atoms with Gasteiger partial charge in [-0.3, -0.25) is 0 Å². The highest BCUT2D eigenvalue weighted by atomic mass is 16.3. The fourth-order valence-corrected chi connectivity index (χ4v) is 2.76. The lowest BCUT2D eigenvalue weighted by atomic mass is 10.1. The zero-order valence-electron chi connectivity index (χ0n) is 14.4. The Morgan fingerprint density at radius 1 is 0.667 bits per heavy atom. The Bertz CT molecular complexity index is 509. The summed E-state index contributed by atoms with van der Waals surface area (Å²) in [4.78, 5) is 2.40. The topological polar surface area (TPSA) is 49.3 Å². The van der Waals surface area contributed by atoms with E-state index in [4.69, 9.17) is 0 Å². The summed E-state index contributed by atoms with van der Waals surface area (Å²) in [6.07, 6.45) is 7.37. The van der Waals surface area contributed by atoms with E-state index in [-0.39, 0.29) is 11.5 Å². The van der Waals surface area contributed by atoms with Crippen molar-refractivity contribution in [3.63, 3.8) is 0 Å². The van der Waals surface area contributed by atoms with Crippen molar-refractivity contribution in [1.29, 1.82) is 0 Å². The number of aromatic hydroxyl groups is 2. The summed E-state index contributed by atoms with van der Waals surface area (Å²) in [5.74, 6) is 0.426. The Morgan fingerprint density at radius 2 is 0.958 bits per heavy atom. The van der Waals surface area contributed by atoms with Crippen molar-refractivity contribution in [3.05, 3.63) is 73.9 Å². The number of hydrogen-bond acceptors (Lipinski definition) is 2. The predicted molar refractivity (Wildman–Crippen MR) is 99.4 cm³/mol. The van der Waals surface area contributed by atoms with Crippen molar-refractivity contribution in [2.45, 2.75) is 13.1 Å². The molecule has 24 heavy (non-hydrogen) atoms. The first-order valence-electron chi connectivity index (χ1n) is 8.20. The van der Waals surface area contributed by atoms with Crippen LogP contribution in [-0.4, -0.2) is 36.4 Å². The number of phenolic OH excluding ortho intramolecular Hbond substituents is 2. The standard InChI is InChI=1S/C20H28N2O2/c1-5-9-21(10-6-2)15-17-13-20(24)18(14-19(17)23)16-22(11-7-3)12-8-4/h5-8,13-14,23-24H,1-4,9-12,15-16H2/p+2. The molecule has 0 amide bonds. The van der Waals surface area contributed by atoms with Gasteiger partial charge in [-0.15, -0.1) is 0 Å². The maximum atomic E-state index is 10.3. The van der Waals surface area contributed by atoms with Crippen LogP contribution < -0.4 is 9.80 Å². The fraction of sp³-hybridized carbons (Fsp3) is 0.300. The number of phenols is 2. The van der Waals surface area contributed by atoms with Gasteiger partial charge in [0.25, 0.3) is 0 Å². The van der Waals surface area contributed by atoms with E-state index in [1.807, 2.05) is 24.3 Å². The van der Waals surface area contributed by atoms with Crippen LogP contribution in [0.2, 0.25) is 0 Å². The summed E-state index contributed by atoms with van der Waals surface area (Å²) in [5.41, 5.74) is 1.45. The smallest absolute Gasteiger partial charge is 0.125 e. The molecule has 0 radical (unpaired) electrons. The SMILES string of the molecule is C=CC[NH+](CC=C)Cc1cc(O)c(C[NH+](CC=C)CC=C)cc1O. The number of hydrogen-bond donors (Lipinski definition) is 4. The van der Waals surface area contributed by atoms with Gasteiger partial charge >= 0.3 is 0 Å². The van der Waals surface area contributed by atoms with Gasteiger partial charge in [-0.05, 0) is 36.4 Å². The maximum absolute atomic E-state index is 10.3. The molecule has 0 aromatic heterocycles. The molecule has 0 fully saturated rings. The van der Waals surface area contributed by atoms with E-state index in [9.17, 15) is 10.2 Å². The molecule has 130 valence electrons. The first-order chi connectivity index (χ1) is 11.5. The largest absolute Gasteiger partial charge is 0.507 e. The van der Waals surface area contributed by atoms with Crippen LogP contribution in [0.5, 0.6) is 11.5 Å². The molecule has 0 bridgehead atoms. The van der Waals surface area contributed by atoms with Crippen molar-refractivity contribution in [1.82, 2.24) is 0 Å². The minimum atomic E-state index is 0.213. The quantitative estimate of drug-likeness (QED) is 0.335. The molecular formula is C20H30N2O2+2. The Labute approximate surface area is 145 Å². The van der Waals surface area contributed by atoms with E-state index in [0.29, 0.717) is 13.1 Å². The molecule has 0 saturated carbocycles. The maximum Gasteiger partial charge on any atom is 0.125 e. The highest BCUT2D eigenvalue weighted by Crippen LogP contribution is 2.26. The number of nitrogens with one attached hydrogen (secondary N) is 2. The molecule has 0 aliphatic carbocycles. The van der Waals surface area contributed by atoms with E-state index in [0.717, 1.165) is 37.3 Å². The van der Waals surface area contributed by atoms with Crippen molar-refractivity contribution in [2.75, 3.05) is 26.2 Å². The van der Waals surface area contributed by atoms with Crippen LogP contribution in [0.1, 0.15) is 11.1 Å². The van der Waals surface area contributed by atoms with Crippen molar-refractivity contribution >= 4 is 0 Å². The third-order valence-electron chi connectivity index (χ3n) is 3.89. The first-order valence-corrected chi connectivity index (χ1v) is 8.20. The van der Waals surface area contributed by atoms with Gasteiger partial charge in [0.15, 0.2) is 0 Å². The van der Waals surface area contributed by atoms with E-state index in [1.165, 1.54) is 9.80 Å². The van der Waals surface area contributed by atoms with E-state index >= 15 is 0 Å². The van der Waals surface area contributed by atoms with Crippen LogP contribution >= 0.6 is 0 Å². The second-order valence-corrected chi connectivity index (χ2v) is 5.93. The average molecular weight is 330 g/mol. The molecule has 0 aliphatic heterocycles. The summed E-state index contributed by atoms with van der Waals surface area (Å²) in [6, 6.07) is 3.33. The molecule has 1 rings (SSSR count). The molecule has 0 spiro atoms. The lowest BCUT2D eigenvalue weighted by Crippen LogP contribution is -3.10. The van der Waals surface area contributed by atoms with Crippen LogP contribution in [0.25, 0.3) is 0 Å². The van der Waals surface area contributed by atoms with Gasteiger partial charge in [-0.1, -0.05) is 26.3 Å². The van der Waals surface area contributed by atoms with Gasteiger partial charge in [0.2, 0.25) is 0 Å². The Kier molecular flexibility index (Phi) is 8.61. The molecule has 4 nitrogen and oxygen atoms in total. The fourth-order valence-electron chi connectivity index (χ4n) is 2.76. The van der Waals surface area contributed by atoms with Crippen LogP contribution in [-0.2, 0) is 13.1 Å². The first kappa shape index (κ1) is 19.7. The molecule has 0 heterocycles. The van der Waals surface area contributed by atoms with Crippen molar-refractivity contribution in [3.8, 4) is 11.5 Å². The Morgan fingerprint density at radius 3 is 1.21 bits per heavy atom. The van der Waals surface area contributed by atoms with E-state index in [1.54, 1.807) is 12.1 Å². The van der Waals surface area contributed by atoms with E-state index < -0.39 is 0 Å². The highest BCUT2D eigenvalue weighted by molar-refractivity contribution is 5.44. The second kappa shape index (κ2) is 10.5. The van der Waals surface area contributed by atoms with Crippen molar-refractivity contribution in [2.24, 2.45) is 0 Å². The zero-order valence-corrected chi connectivity index (χ0v) is 14.4. The predicted octanol–water partition coefficient (Wildman–Crippen LogP) is 0.612. The lowest BCUT2D eigenvalue weighted by molar-refractivity contribution is -0.902. The zero-order chi connectivity index (χ0) is 17.9. The summed E-state index contributed by atoms with van der Waals surface area (Å²) in [6.45, 7) is 19.3. The van der Waals surface area contributed by atoms with Crippen LogP contribution in [0.4, 0.5) is 0 Å². The Hall–Kier alpha value is -2.30. The second-order valence-electron chi connectivity index (χ2n) is 5.93. The molecule has 0 aliphatic rings. The summed E-state index contributed by atoms with van der Waals surface area (Å²) in [7, 11) is 0. The minimum Gasteiger partial charge on any atom is -0.507 e. The molecule has 0 atom stereocenters. The van der Waals surface area contributed by atoms with Crippen LogP contribution in [0.3, 0.4) is 0 Å². The average Bonchev–Trinajstić information content (AvgIpc) is 2.53. The Balaban J connectivity index is 2.94. The molecule has 1 aromatic carbocycles. The summed E-state index contributed by atoms with van der Waals surface area (Å²) in [5, 5.41) is 20.7. The summed E-state index contributed by atoms with van der Waals surface area (Å²) < 4.78 is 0. The monoisotopic (exact) mass is 330 g/mol. The minimum absolute atomic E-state index is 0.213. The van der Waals surface area contributed by atoms with Gasteiger partial charge < -0.3 is 20.0 Å². The van der Waals surface area contributed by atoms with Gasteiger partial charge in [0.1, 0.15) is 24.6 Å². The third kappa shape index (κ3) is 6.07. The number of rotatable bonds is 12. The van der Waals surface area contributed by atoms with Gasteiger partial charge in [-0.25, -0.2) is 0 Å². The summed E-state index contributed by atoms with van der Waals surface area (Å²) >= 11 is 0. The molecule has 4 N–H and O–H groups in total. The van der Waals surface area contributed by atoms with Gasteiger partial charge in [0, 0.05) is 0 Å². The normalized spacial score (nSPS) is 10.8. The number of benzene rings is 1. The van der Waals surface area contributed by atoms with Crippen molar-refractivity contribution < 1.29 is 20.0 Å². The van der Waals surface area contributed by atoms with Gasteiger partial charge in [0.05, 0.1) is 37.3 Å². The number of quaternary nitrogens is 2. The molecule has 4 heteroatoms. The van der Waals surface area contributed by atoms with Crippen LogP contribution in [0, 0.1) is 0 Å². The molecule has 0 saturated heterocycles. The lowest BCUT2D eigenvalue weighted by Gasteiger charge is -2.19.